The molecule has 0 saturated carbocycles. The van der Waals surface area contributed by atoms with Crippen LogP contribution in [-0.2, 0) is 17.8 Å². The summed E-state index contributed by atoms with van der Waals surface area (Å²) < 4.78 is 17.9. The molecule has 0 spiro atoms. The van der Waals surface area contributed by atoms with E-state index in [9.17, 15) is 4.79 Å². The van der Waals surface area contributed by atoms with Gasteiger partial charge in [0.15, 0.2) is 11.5 Å². The van der Waals surface area contributed by atoms with Crippen molar-refractivity contribution in [1.82, 2.24) is 14.7 Å². The van der Waals surface area contributed by atoms with Gasteiger partial charge in [0.2, 0.25) is 6.79 Å². The molecule has 2 aliphatic rings. The second-order valence-electron chi connectivity index (χ2n) is 6.08. The van der Waals surface area contributed by atoms with Gasteiger partial charge in [-0.1, -0.05) is 0 Å². The number of aromatic nitrogens is 2. The standard InChI is InChI=1S/C17H19N3O4/c1-22-10-12-7-19(9-14-4-5-18-20(14)8-12)17(21)13-2-3-15-16(6-13)24-11-23-15/h2-6,12H,7-11H2,1H3/t12-/m1/s1. The van der Waals surface area contributed by atoms with Gasteiger partial charge in [-0.05, 0) is 24.3 Å². The van der Waals surface area contributed by atoms with E-state index in [2.05, 4.69) is 5.10 Å². The van der Waals surface area contributed by atoms with Crippen molar-refractivity contribution in [1.29, 1.82) is 0 Å². The lowest BCUT2D eigenvalue weighted by atomic mass is 10.1. The number of rotatable bonds is 3. The first-order valence-electron chi connectivity index (χ1n) is 7.93. The van der Waals surface area contributed by atoms with E-state index < -0.39 is 0 Å². The summed E-state index contributed by atoms with van der Waals surface area (Å²) in [6, 6.07) is 7.26. The molecule has 2 aromatic rings. The Kier molecular flexibility index (Phi) is 3.86. The number of carbonyl (C=O) groups is 1. The van der Waals surface area contributed by atoms with Gasteiger partial charge in [-0.2, -0.15) is 5.10 Å². The van der Waals surface area contributed by atoms with Gasteiger partial charge >= 0.3 is 0 Å². The van der Waals surface area contributed by atoms with Crippen molar-refractivity contribution in [3.05, 3.63) is 41.7 Å². The van der Waals surface area contributed by atoms with E-state index in [1.807, 2.05) is 15.6 Å². The van der Waals surface area contributed by atoms with Crippen molar-refractivity contribution in [2.45, 2.75) is 13.1 Å². The number of amides is 1. The first-order chi connectivity index (χ1) is 11.7. The molecule has 1 atom stereocenters. The van der Waals surface area contributed by atoms with Crippen molar-refractivity contribution >= 4 is 5.91 Å². The number of ether oxygens (including phenoxy) is 3. The first kappa shape index (κ1) is 15.0. The second kappa shape index (κ2) is 6.16. The van der Waals surface area contributed by atoms with Crippen LogP contribution in [0.4, 0.5) is 0 Å². The lowest BCUT2D eigenvalue weighted by Crippen LogP contribution is -2.35. The molecule has 126 valence electrons. The fourth-order valence-electron chi connectivity index (χ4n) is 3.24. The first-order valence-corrected chi connectivity index (χ1v) is 7.93. The van der Waals surface area contributed by atoms with Crippen molar-refractivity contribution in [2.75, 3.05) is 27.1 Å². The Labute approximate surface area is 139 Å². The molecule has 3 heterocycles. The number of nitrogens with zero attached hydrogens (tertiary/aromatic N) is 3. The van der Waals surface area contributed by atoms with Crippen LogP contribution in [0.5, 0.6) is 11.5 Å². The second-order valence-corrected chi connectivity index (χ2v) is 6.08. The molecule has 4 rings (SSSR count). The molecule has 7 nitrogen and oxygen atoms in total. The number of hydrogen-bond donors (Lipinski definition) is 0. The van der Waals surface area contributed by atoms with Crippen molar-refractivity contribution in [3.8, 4) is 11.5 Å². The van der Waals surface area contributed by atoms with Crippen molar-refractivity contribution in [3.63, 3.8) is 0 Å². The lowest BCUT2D eigenvalue weighted by Gasteiger charge is -2.24. The predicted octanol–water partition coefficient (Wildman–Crippen LogP) is 1.53. The maximum atomic E-state index is 13.0. The molecule has 2 aliphatic heterocycles. The molecule has 7 heteroatoms. The van der Waals surface area contributed by atoms with E-state index in [1.54, 1.807) is 31.5 Å². The highest BCUT2D eigenvalue weighted by Gasteiger charge is 2.27. The molecule has 0 bridgehead atoms. The number of carbonyl (C=O) groups excluding carboxylic acids is 1. The predicted molar refractivity (Wildman–Crippen MR) is 84.9 cm³/mol. The topological polar surface area (TPSA) is 65.8 Å². The fraction of sp³-hybridized carbons (Fsp3) is 0.412. The Morgan fingerprint density at radius 2 is 2.17 bits per heavy atom. The SMILES string of the molecule is COC[C@@H]1CN(C(=O)c2ccc3c(c2)OCO3)Cc2ccnn2C1. The van der Waals surface area contributed by atoms with Gasteiger partial charge in [0.05, 0.1) is 18.8 Å². The Bertz CT molecular complexity index is 758. The van der Waals surface area contributed by atoms with Gasteiger partial charge in [0.1, 0.15) is 0 Å². The zero-order valence-electron chi connectivity index (χ0n) is 13.5. The number of fused-ring (bicyclic) bond motifs is 2. The molecule has 0 unspecified atom stereocenters. The maximum Gasteiger partial charge on any atom is 0.254 e. The third-order valence-electron chi connectivity index (χ3n) is 4.38. The number of benzene rings is 1. The summed E-state index contributed by atoms with van der Waals surface area (Å²) in [6.07, 6.45) is 1.77. The van der Waals surface area contributed by atoms with Crippen LogP contribution in [0.2, 0.25) is 0 Å². The minimum absolute atomic E-state index is 0.0240. The van der Waals surface area contributed by atoms with Gasteiger partial charge in [-0.3, -0.25) is 9.48 Å². The third kappa shape index (κ3) is 2.71. The van der Waals surface area contributed by atoms with E-state index in [0.29, 0.717) is 36.8 Å². The Balaban J connectivity index is 1.60. The molecule has 0 N–H and O–H groups in total. The third-order valence-corrected chi connectivity index (χ3v) is 4.38. The highest BCUT2D eigenvalue weighted by Crippen LogP contribution is 2.33. The van der Waals surface area contributed by atoms with E-state index in [-0.39, 0.29) is 18.6 Å². The molecule has 0 saturated heterocycles. The Morgan fingerprint density at radius 1 is 1.29 bits per heavy atom. The molecule has 1 amide bonds. The minimum atomic E-state index is -0.0240. The zero-order chi connectivity index (χ0) is 16.5. The van der Waals surface area contributed by atoms with Gasteiger partial charge in [-0.25, -0.2) is 0 Å². The van der Waals surface area contributed by atoms with Crippen molar-refractivity contribution < 1.29 is 19.0 Å². The minimum Gasteiger partial charge on any atom is -0.454 e. The van der Waals surface area contributed by atoms with Crippen molar-refractivity contribution in [2.24, 2.45) is 5.92 Å². The van der Waals surface area contributed by atoms with Crippen LogP contribution in [0.1, 0.15) is 16.1 Å². The van der Waals surface area contributed by atoms with Gasteiger partial charge < -0.3 is 19.1 Å². The summed E-state index contributed by atoms with van der Waals surface area (Å²) in [5, 5.41) is 4.35. The summed E-state index contributed by atoms with van der Waals surface area (Å²) in [4.78, 5) is 14.8. The fourth-order valence-corrected chi connectivity index (χ4v) is 3.24. The molecule has 1 aromatic carbocycles. The molecule has 0 aliphatic carbocycles. The van der Waals surface area contributed by atoms with E-state index in [4.69, 9.17) is 14.2 Å². The van der Waals surface area contributed by atoms with E-state index in [1.165, 1.54) is 0 Å². The smallest absolute Gasteiger partial charge is 0.254 e. The molecular formula is C17H19N3O4. The normalized spacial score (nSPS) is 19.0. The van der Waals surface area contributed by atoms with Crippen LogP contribution in [-0.4, -0.2) is 47.6 Å². The number of hydrogen-bond acceptors (Lipinski definition) is 5. The van der Waals surface area contributed by atoms with Crippen LogP contribution in [0.15, 0.2) is 30.5 Å². The van der Waals surface area contributed by atoms with Crippen LogP contribution in [0, 0.1) is 5.92 Å². The lowest BCUT2D eigenvalue weighted by molar-refractivity contribution is 0.0666. The molecule has 0 fully saturated rings. The molecule has 24 heavy (non-hydrogen) atoms. The summed E-state index contributed by atoms with van der Waals surface area (Å²) >= 11 is 0. The van der Waals surface area contributed by atoms with Gasteiger partial charge in [0.25, 0.3) is 5.91 Å². The summed E-state index contributed by atoms with van der Waals surface area (Å²) in [5.41, 5.74) is 1.63. The highest BCUT2D eigenvalue weighted by atomic mass is 16.7. The summed E-state index contributed by atoms with van der Waals surface area (Å²) in [7, 11) is 1.68. The summed E-state index contributed by atoms with van der Waals surface area (Å²) in [6.45, 7) is 2.70. The Morgan fingerprint density at radius 3 is 3.04 bits per heavy atom. The summed E-state index contributed by atoms with van der Waals surface area (Å²) in [5.74, 6) is 1.48. The molecule has 1 aromatic heterocycles. The Hall–Kier alpha value is -2.54. The molecular weight excluding hydrogens is 310 g/mol. The number of methoxy groups -OCH3 is 1. The maximum absolute atomic E-state index is 13.0. The average Bonchev–Trinajstić information content (AvgIpc) is 3.19. The van der Waals surface area contributed by atoms with Crippen LogP contribution in [0.25, 0.3) is 0 Å². The monoisotopic (exact) mass is 329 g/mol. The van der Waals surface area contributed by atoms with E-state index in [0.717, 1.165) is 12.2 Å². The quantitative estimate of drug-likeness (QED) is 0.854. The van der Waals surface area contributed by atoms with E-state index >= 15 is 0 Å². The largest absolute Gasteiger partial charge is 0.454 e. The van der Waals surface area contributed by atoms with Gasteiger partial charge in [-0.15, -0.1) is 0 Å². The van der Waals surface area contributed by atoms with Crippen LogP contribution >= 0.6 is 0 Å². The van der Waals surface area contributed by atoms with Gasteiger partial charge in [0, 0.05) is 37.9 Å². The average molecular weight is 329 g/mol. The highest BCUT2D eigenvalue weighted by molar-refractivity contribution is 5.95. The molecule has 0 radical (unpaired) electrons. The zero-order valence-corrected chi connectivity index (χ0v) is 13.5. The van der Waals surface area contributed by atoms with Crippen LogP contribution < -0.4 is 9.47 Å². The van der Waals surface area contributed by atoms with Crippen LogP contribution in [0.3, 0.4) is 0 Å².